The maximum absolute atomic E-state index is 5.20. The molecule has 1 aromatic carbocycles. The molecule has 0 fully saturated rings. The lowest BCUT2D eigenvalue weighted by Gasteiger charge is -2.05. The van der Waals surface area contributed by atoms with Gasteiger partial charge in [0.15, 0.2) is 0 Å². The van der Waals surface area contributed by atoms with Crippen molar-refractivity contribution in [3.8, 4) is 17.4 Å². The number of rotatable bonds is 5. The van der Waals surface area contributed by atoms with Crippen molar-refractivity contribution >= 4 is 11.9 Å². The van der Waals surface area contributed by atoms with E-state index in [0.717, 1.165) is 11.3 Å². The first-order valence-corrected chi connectivity index (χ1v) is 6.02. The lowest BCUT2D eigenvalue weighted by molar-refractivity contribution is 0.394. The fourth-order valence-corrected chi connectivity index (χ4v) is 1.60. The zero-order valence-corrected chi connectivity index (χ0v) is 11.7. The van der Waals surface area contributed by atoms with Crippen LogP contribution in [0.3, 0.4) is 0 Å². The van der Waals surface area contributed by atoms with Crippen molar-refractivity contribution in [1.29, 1.82) is 0 Å². The number of pyridine rings is 1. The van der Waals surface area contributed by atoms with E-state index in [1.807, 2.05) is 18.2 Å². The Morgan fingerprint density at radius 3 is 2.15 bits per heavy atom. The van der Waals surface area contributed by atoms with E-state index >= 15 is 0 Å². The molecule has 1 heterocycles. The molecule has 0 aliphatic rings. The molecule has 0 amide bonds. The van der Waals surface area contributed by atoms with Gasteiger partial charge in [-0.15, -0.1) is 0 Å². The first-order valence-electron chi connectivity index (χ1n) is 6.02. The van der Waals surface area contributed by atoms with E-state index in [1.165, 1.54) is 0 Å². The Bertz CT molecular complexity index is 572. The minimum absolute atomic E-state index is 0.574. The van der Waals surface area contributed by atoms with Crippen LogP contribution in [0.4, 0.5) is 5.69 Å². The lowest BCUT2D eigenvalue weighted by Crippen LogP contribution is -1.89. The van der Waals surface area contributed by atoms with Gasteiger partial charge in [0.05, 0.1) is 27.0 Å². The molecule has 0 aliphatic carbocycles. The maximum atomic E-state index is 5.20. The van der Waals surface area contributed by atoms with Gasteiger partial charge >= 0.3 is 0 Å². The second-order valence-electron chi connectivity index (χ2n) is 3.96. The number of hydrogen-bond donors (Lipinski definition) is 0. The van der Waals surface area contributed by atoms with Crippen LogP contribution in [0.25, 0.3) is 0 Å². The van der Waals surface area contributed by atoms with Crippen LogP contribution < -0.4 is 14.2 Å². The predicted octanol–water partition coefficient (Wildman–Crippen LogP) is 2.86. The van der Waals surface area contributed by atoms with Crippen LogP contribution in [0.1, 0.15) is 5.56 Å². The van der Waals surface area contributed by atoms with Gasteiger partial charge in [-0.3, -0.25) is 4.99 Å². The molecule has 0 N–H and O–H groups in total. The molecule has 2 aromatic rings. The summed E-state index contributed by atoms with van der Waals surface area (Å²) < 4.78 is 15.4. The standard InChI is InChI=1S/C15H16N2O3/c1-18-13-6-12(7-14(8-13)19-2)16-9-11-4-5-15(20-3)17-10-11/h4-10H,1-3H3/b16-9-. The molecule has 0 radical (unpaired) electrons. The van der Waals surface area contributed by atoms with E-state index in [0.29, 0.717) is 17.4 Å². The highest BCUT2D eigenvalue weighted by Gasteiger charge is 2.00. The largest absolute Gasteiger partial charge is 0.497 e. The molecule has 1 aromatic heterocycles. The first-order chi connectivity index (χ1) is 9.75. The van der Waals surface area contributed by atoms with E-state index < -0.39 is 0 Å². The summed E-state index contributed by atoms with van der Waals surface area (Å²) in [6, 6.07) is 9.13. The van der Waals surface area contributed by atoms with E-state index in [2.05, 4.69) is 9.98 Å². The average Bonchev–Trinajstić information content (AvgIpc) is 2.53. The number of methoxy groups -OCH3 is 3. The van der Waals surface area contributed by atoms with Crippen LogP contribution in [-0.2, 0) is 0 Å². The minimum Gasteiger partial charge on any atom is -0.497 e. The number of aromatic nitrogens is 1. The zero-order chi connectivity index (χ0) is 14.4. The highest BCUT2D eigenvalue weighted by atomic mass is 16.5. The number of aliphatic imine (C=N–C) groups is 1. The first kappa shape index (κ1) is 13.9. The Kier molecular flexibility index (Phi) is 4.55. The van der Waals surface area contributed by atoms with Crippen LogP contribution in [0, 0.1) is 0 Å². The molecule has 5 nitrogen and oxygen atoms in total. The van der Waals surface area contributed by atoms with Crippen molar-refractivity contribution in [3.05, 3.63) is 42.1 Å². The van der Waals surface area contributed by atoms with Crippen LogP contribution >= 0.6 is 0 Å². The summed E-state index contributed by atoms with van der Waals surface area (Å²) in [6.07, 6.45) is 3.42. The Labute approximate surface area is 117 Å². The molecule has 2 rings (SSSR count). The van der Waals surface area contributed by atoms with E-state index in [9.17, 15) is 0 Å². The van der Waals surface area contributed by atoms with Crippen LogP contribution in [0.5, 0.6) is 17.4 Å². The molecule has 0 spiro atoms. The Morgan fingerprint density at radius 1 is 0.950 bits per heavy atom. The lowest BCUT2D eigenvalue weighted by atomic mass is 10.2. The van der Waals surface area contributed by atoms with Gasteiger partial charge in [0.25, 0.3) is 0 Å². The van der Waals surface area contributed by atoms with Crippen LogP contribution in [-0.4, -0.2) is 32.5 Å². The summed E-state index contributed by atoms with van der Waals surface area (Å²) in [5, 5.41) is 0. The molecule has 0 atom stereocenters. The van der Waals surface area contributed by atoms with Crippen molar-refractivity contribution < 1.29 is 14.2 Å². The summed E-state index contributed by atoms with van der Waals surface area (Å²) in [5.41, 5.74) is 1.63. The average molecular weight is 272 g/mol. The van der Waals surface area contributed by atoms with Gasteiger partial charge in [-0.25, -0.2) is 4.98 Å². The number of nitrogens with zero attached hydrogens (tertiary/aromatic N) is 2. The second kappa shape index (κ2) is 6.56. The Balaban J connectivity index is 2.21. The van der Waals surface area contributed by atoms with Crippen molar-refractivity contribution in [2.24, 2.45) is 4.99 Å². The van der Waals surface area contributed by atoms with Crippen molar-refractivity contribution in [3.63, 3.8) is 0 Å². The highest BCUT2D eigenvalue weighted by molar-refractivity contribution is 5.81. The molecule has 104 valence electrons. The van der Waals surface area contributed by atoms with Gasteiger partial charge < -0.3 is 14.2 Å². The van der Waals surface area contributed by atoms with E-state index in [4.69, 9.17) is 14.2 Å². The fraction of sp³-hybridized carbons (Fsp3) is 0.200. The molecule has 20 heavy (non-hydrogen) atoms. The SMILES string of the molecule is COc1cc(/N=C\c2ccc(OC)nc2)cc(OC)c1. The molecular formula is C15H16N2O3. The molecule has 5 heteroatoms. The summed E-state index contributed by atoms with van der Waals surface area (Å²) in [4.78, 5) is 8.50. The van der Waals surface area contributed by atoms with Gasteiger partial charge in [0, 0.05) is 42.2 Å². The maximum Gasteiger partial charge on any atom is 0.212 e. The Hall–Kier alpha value is -2.56. The van der Waals surface area contributed by atoms with Gasteiger partial charge in [-0.1, -0.05) is 0 Å². The molecular weight excluding hydrogens is 256 g/mol. The quantitative estimate of drug-likeness (QED) is 0.785. The van der Waals surface area contributed by atoms with Crippen molar-refractivity contribution in [2.75, 3.05) is 21.3 Å². The summed E-state index contributed by atoms with van der Waals surface area (Å²) >= 11 is 0. The monoisotopic (exact) mass is 272 g/mol. The van der Waals surface area contributed by atoms with Gasteiger partial charge in [-0.05, 0) is 6.07 Å². The predicted molar refractivity (Wildman–Crippen MR) is 77.6 cm³/mol. The minimum atomic E-state index is 0.574. The molecule has 0 saturated heterocycles. The third kappa shape index (κ3) is 3.47. The summed E-state index contributed by atoms with van der Waals surface area (Å²) in [7, 11) is 4.80. The fourth-order valence-electron chi connectivity index (χ4n) is 1.60. The summed E-state index contributed by atoms with van der Waals surface area (Å²) in [6.45, 7) is 0. The number of hydrogen-bond acceptors (Lipinski definition) is 5. The van der Waals surface area contributed by atoms with Gasteiger partial charge in [-0.2, -0.15) is 0 Å². The van der Waals surface area contributed by atoms with Crippen LogP contribution in [0.15, 0.2) is 41.5 Å². The van der Waals surface area contributed by atoms with Crippen molar-refractivity contribution in [1.82, 2.24) is 4.98 Å². The van der Waals surface area contributed by atoms with Crippen LogP contribution in [0.2, 0.25) is 0 Å². The van der Waals surface area contributed by atoms with Gasteiger partial charge in [0.2, 0.25) is 5.88 Å². The molecule has 0 aliphatic heterocycles. The van der Waals surface area contributed by atoms with Gasteiger partial charge in [0.1, 0.15) is 11.5 Å². The third-order valence-electron chi connectivity index (χ3n) is 2.67. The third-order valence-corrected chi connectivity index (χ3v) is 2.67. The highest BCUT2D eigenvalue weighted by Crippen LogP contribution is 2.27. The number of ether oxygens (including phenoxy) is 3. The normalized spacial score (nSPS) is 10.6. The second-order valence-corrected chi connectivity index (χ2v) is 3.96. The van der Waals surface area contributed by atoms with E-state index in [1.54, 1.807) is 45.9 Å². The zero-order valence-electron chi connectivity index (χ0n) is 11.7. The number of benzene rings is 1. The smallest absolute Gasteiger partial charge is 0.212 e. The molecule has 0 saturated carbocycles. The molecule has 0 bridgehead atoms. The van der Waals surface area contributed by atoms with E-state index in [-0.39, 0.29) is 0 Å². The molecule has 0 unspecified atom stereocenters. The summed E-state index contributed by atoms with van der Waals surface area (Å²) in [5.74, 6) is 1.97. The topological polar surface area (TPSA) is 52.9 Å². The Morgan fingerprint density at radius 2 is 1.65 bits per heavy atom. The van der Waals surface area contributed by atoms with Crippen molar-refractivity contribution in [2.45, 2.75) is 0 Å².